The molecule has 0 aliphatic heterocycles. The predicted molar refractivity (Wildman–Crippen MR) is 41.5 cm³/mol. The van der Waals surface area contributed by atoms with Crippen molar-refractivity contribution in [2.24, 2.45) is 0 Å². The summed E-state index contributed by atoms with van der Waals surface area (Å²) < 4.78 is 0. The van der Waals surface area contributed by atoms with Crippen LogP contribution in [-0.2, 0) is 0 Å². The Labute approximate surface area is 63.7 Å². The van der Waals surface area contributed by atoms with Crippen LogP contribution >= 0.6 is 0 Å². The Bertz CT molecular complexity index is 303. The first-order chi connectivity index (χ1) is 5.34. The maximum Gasteiger partial charge on any atom is 0.252 e. The molecule has 0 unspecified atom stereocenters. The van der Waals surface area contributed by atoms with Crippen LogP contribution in [0.1, 0.15) is 12.8 Å². The molecule has 1 aromatic heterocycles. The minimum atomic E-state index is -0.108. The van der Waals surface area contributed by atoms with Crippen molar-refractivity contribution in [1.82, 2.24) is 9.97 Å². The molecule has 0 bridgehead atoms. The van der Waals surface area contributed by atoms with Gasteiger partial charge >= 0.3 is 0 Å². The average molecular weight is 151 g/mol. The van der Waals surface area contributed by atoms with Crippen LogP contribution in [0.5, 0.6) is 0 Å². The standard InChI is InChI=1S/C7H9N3O/c11-7-3-6(8-4-9-7)10-5-1-2-5/h3-5H,1-2H2,(H2,8,9,10,11). The molecule has 11 heavy (non-hydrogen) atoms. The lowest BCUT2D eigenvalue weighted by Crippen LogP contribution is -2.09. The van der Waals surface area contributed by atoms with Gasteiger partial charge in [0.25, 0.3) is 5.56 Å². The third kappa shape index (κ3) is 1.58. The molecule has 4 nitrogen and oxygen atoms in total. The van der Waals surface area contributed by atoms with Gasteiger partial charge in [-0.25, -0.2) is 4.98 Å². The Kier molecular flexibility index (Phi) is 1.38. The van der Waals surface area contributed by atoms with E-state index in [4.69, 9.17) is 0 Å². The van der Waals surface area contributed by atoms with E-state index < -0.39 is 0 Å². The number of anilines is 1. The van der Waals surface area contributed by atoms with Crippen molar-refractivity contribution in [3.05, 3.63) is 22.7 Å². The number of hydrogen-bond donors (Lipinski definition) is 2. The molecule has 0 radical (unpaired) electrons. The number of aromatic nitrogens is 2. The molecule has 0 saturated heterocycles. The molecule has 0 spiro atoms. The monoisotopic (exact) mass is 151 g/mol. The van der Waals surface area contributed by atoms with E-state index in [1.165, 1.54) is 25.2 Å². The second-order valence-corrected chi connectivity index (χ2v) is 2.71. The van der Waals surface area contributed by atoms with E-state index in [9.17, 15) is 4.79 Å². The molecule has 1 aliphatic carbocycles. The van der Waals surface area contributed by atoms with Gasteiger partial charge in [0.15, 0.2) is 0 Å². The van der Waals surface area contributed by atoms with E-state index in [0.717, 1.165) is 0 Å². The maximum atomic E-state index is 10.8. The Morgan fingerprint density at radius 3 is 3.09 bits per heavy atom. The van der Waals surface area contributed by atoms with Crippen molar-refractivity contribution in [3.63, 3.8) is 0 Å². The lowest BCUT2D eigenvalue weighted by Gasteiger charge is -1.99. The van der Waals surface area contributed by atoms with Crippen LogP contribution in [0.4, 0.5) is 5.82 Å². The Morgan fingerprint density at radius 1 is 1.64 bits per heavy atom. The highest BCUT2D eigenvalue weighted by Gasteiger charge is 2.20. The summed E-state index contributed by atoms with van der Waals surface area (Å²) in [6, 6.07) is 2.02. The molecule has 2 N–H and O–H groups in total. The molecule has 4 heteroatoms. The van der Waals surface area contributed by atoms with Gasteiger partial charge in [-0.3, -0.25) is 4.79 Å². The minimum absolute atomic E-state index is 0.108. The van der Waals surface area contributed by atoms with Crippen molar-refractivity contribution < 1.29 is 0 Å². The molecular weight excluding hydrogens is 142 g/mol. The molecule has 1 aromatic rings. The maximum absolute atomic E-state index is 10.8. The Hall–Kier alpha value is -1.32. The van der Waals surface area contributed by atoms with E-state index in [1.807, 2.05) is 0 Å². The van der Waals surface area contributed by atoms with Crippen molar-refractivity contribution in [3.8, 4) is 0 Å². The highest BCUT2D eigenvalue weighted by molar-refractivity contribution is 5.34. The summed E-state index contributed by atoms with van der Waals surface area (Å²) in [5.74, 6) is 0.677. The Morgan fingerprint density at radius 2 is 2.45 bits per heavy atom. The molecule has 0 atom stereocenters. The first-order valence-corrected chi connectivity index (χ1v) is 3.66. The number of nitrogens with one attached hydrogen (secondary N) is 2. The van der Waals surface area contributed by atoms with Gasteiger partial charge in [-0.15, -0.1) is 0 Å². The Balaban J connectivity index is 2.16. The van der Waals surface area contributed by atoms with E-state index >= 15 is 0 Å². The predicted octanol–water partition coefficient (Wildman–Crippen LogP) is 0.344. The summed E-state index contributed by atoms with van der Waals surface area (Å²) >= 11 is 0. The smallest absolute Gasteiger partial charge is 0.252 e. The zero-order valence-electron chi connectivity index (χ0n) is 6.00. The van der Waals surface area contributed by atoms with Crippen molar-refractivity contribution in [2.75, 3.05) is 5.32 Å². The molecule has 1 heterocycles. The van der Waals surface area contributed by atoms with Crippen LogP contribution in [0.3, 0.4) is 0 Å². The van der Waals surface area contributed by atoms with Gasteiger partial charge in [-0.2, -0.15) is 0 Å². The highest BCUT2D eigenvalue weighted by atomic mass is 16.1. The normalized spacial score (nSPS) is 16.4. The number of rotatable bonds is 2. The molecular formula is C7H9N3O. The summed E-state index contributed by atoms with van der Waals surface area (Å²) in [4.78, 5) is 17.2. The van der Waals surface area contributed by atoms with Crippen LogP contribution in [0.2, 0.25) is 0 Å². The fraction of sp³-hybridized carbons (Fsp3) is 0.429. The molecule has 1 fully saturated rings. The number of aromatic amines is 1. The quantitative estimate of drug-likeness (QED) is 0.641. The van der Waals surface area contributed by atoms with E-state index in [0.29, 0.717) is 11.9 Å². The van der Waals surface area contributed by atoms with Crippen molar-refractivity contribution in [1.29, 1.82) is 0 Å². The molecule has 58 valence electrons. The van der Waals surface area contributed by atoms with Gasteiger partial charge < -0.3 is 10.3 Å². The van der Waals surface area contributed by atoms with Gasteiger partial charge in [0, 0.05) is 12.1 Å². The number of hydrogen-bond acceptors (Lipinski definition) is 3. The lowest BCUT2D eigenvalue weighted by atomic mass is 10.5. The van der Waals surface area contributed by atoms with Crippen LogP contribution in [0, 0.1) is 0 Å². The second-order valence-electron chi connectivity index (χ2n) is 2.71. The van der Waals surface area contributed by atoms with Gasteiger partial charge in [-0.05, 0) is 12.8 Å². The summed E-state index contributed by atoms with van der Waals surface area (Å²) in [5.41, 5.74) is -0.108. The van der Waals surface area contributed by atoms with Gasteiger partial charge in [-0.1, -0.05) is 0 Å². The average Bonchev–Trinajstić information content (AvgIpc) is 2.71. The summed E-state index contributed by atoms with van der Waals surface area (Å²) in [5, 5.41) is 3.13. The number of nitrogens with zero attached hydrogens (tertiary/aromatic N) is 1. The third-order valence-corrected chi connectivity index (χ3v) is 1.61. The number of H-pyrrole nitrogens is 1. The second kappa shape index (κ2) is 2.38. The largest absolute Gasteiger partial charge is 0.367 e. The molecule has 1 aliphatic rings. The fourth-order valence-corrected chi connectivity index (χ4v) is 0.884. The summed E-state index contributed by atoms with van der Waals surface area (Å²) in [6.45, 7) is 0. The summed E-state index contributed by atoms with van der Waals surface area (Å²) in [7, 11) is 0. The first-order valence-electron chi connectivity index (χ1n) is 3.66. The molecule has 2 rings (SSSR count). The lowest BCUT2D eigenvalue weighted by molar-refractivity contribution is 1.06. The van der Waals surface area contributed by atoms with Gasteiger partial charge in [0.1, 0.15) is 5.82 Å². The molecule has 1 saturated carbocycles. The highest BCUT2D eigenvalue weighted by Crippen LogP contribution is 2.22. The SMILES string of the molecule is O=c1cc(NC2CC2)nc[nH]1. The van der Waals surface area contributed by atoms with Crippen LogP contribution in [-0.4, -0.2) is 16.0 Å². The van der Waals surface area contributed by atoms with E-state index in [1.54, 1.807) is 0 Å². The zero-order chi connectivity index (χ0) is 7.68. The van der Waals surface area contributed by atoms with Crippen LogP contribution in [0.25, 0.3) is 0 Å². The van der Waals surface area contributed by atoms with Crippen LogP contribution in [0.15, 0.2) is 17.2 Å². The fourth-order valence-electron chi connectivity index (χ4n) is 0.884. The van der Waals surface area contributed by atoms with E-state index in [2.05, 4.69) is 15.3 Å². The summed E-state index contributed by atoms with van der Waals surface area (Å²) in [6.07, 6.45) is 3.79. The third-order valence-electron chi connectivity index (χ3n) is 1.61. The van der Waals surface area contributed by atoms with E-state index in [-0.39, 0.29) is 5.56 Å². The minimum Gasteiger partial charge on any atom is -0.367 e. The van der Waals surface area contributed by atoms with Gasteiger partial charge in [0.05, 0.1) is 6.33 Å². The van der Waals surface area contributed by atoms with Crippen molar-refractivity contribution in [2.45, 2.75) is 18.9 Å². The topological polar surface area (TPSA) is 57.8 Å². The van der Waals surface area contributed by atoms with Gasteiger partial charge in [0.2, 0.25) is 0 Å². The molecule has 0 amide bonds. The zero-order valence-corrected chi connectivity index (χ0v) is 6.00. The molecule has 0 aromatic carbocycles. The van der Waals surface area contributed by atoms with Crippen LogP contribution < -0.4 is 10.9 Å². The van der Waals surface area contributed by atoms with Crippen molar-refractivity contribution >= 4 is 5.82 Å². The first kappa shape index (κ1) is 6.39.